The van der Waals surface area contributed by atoms with Gasteiger partial charge in [0, 0.05) is 22.3 Å². The van der Waals surface area contributed by atoms with Gasteiger partial charge >= 0.3 is 0 Å². The Morgan fingerprint density at radius 2 is 1.66 bits per heavy atom. The molecule has 0 aromatic heterocycles. The number of rotatable bonds is 5. The van der Waals surface area contributed by atoms with Crippen LogP contribution >= 0.6 is 0 Å². The lowest BCUT2D eigenvalue weighted by Gasteiger charge is -2.59. The number of hydrogen-bond donors (Lipinski definition) is 4. The lowest BCUT2D eigenvalue weighted by Crippen LogP contribution is -2.67. The van der Waals surface area contributed by atoms with Crippen molar-refractivity contribution in [2.24, 2.45) is 28.1 Å². The predicted octanol–water partition coefficient (Wildman–Crippen LogP) is 6.45. The number of phenolic OH excluding ortho intramolecular Hbond substituents is 1. The van der Waals surface area contributed by atoms with Crippen molar-refractivity contribution >= 4 is 17.3 Å². The highest BCUT2D eigenvalue weighted by Crippen LogP contribution is 2.65. The van der Waals surface area contributed by atoms with Gasteiger partial charge in [0.2, 0.25) is 5.78 Å². The van der Waals surface area contributed by atoms with Gasteiger partial charge in [-0.15, -0.1) is 0 Å². The molecule has 0 saturated heterocycles. The Labute approximate surface area is 243 Å². The second-order valence-electron chi connectivity index (χ2n) is 15.0. The minimum absolute atomic E-state index is 0.00259. The molecule has 0 fully saturated rings. The highest BCUT2D eigenvalue weighted by Gasteiger charge is 2.71. The molecule has 3 aliphatic carbocycles. The number of phenols is 1. The average molecular weight is 567 g/mol. The van der Waals surface area contributed by atoms with Crippen LogP contribution in [0.4, 0.5) is 0 Å². The third-order valence-corrected chi connectivity index (χ3v) is 9.89. The number of aryl methyl sites for hydroxylation is 1. The Balaban J connectivity index is 2.04. The molecule has 7 heteroatoms. The quantitative estimate of drug-likeness (QED) is 0.301. The highest BCUT2D eigenvalue weighted by molar-refractivity contribution is 6.25. The molecule has 4 rings (SSSR count). The summed E-state index contributed by atoms with van der Waals surface area (Å²) in [5, 5.41) is 46.9. The summed E-state index contributed by atoms with van der Waals surface area (Å²) in [6, 6.07) is 1.99. The maximum atomic E-state index is 14.4. The fourth-order valence-electron chi connectivity index (χ4n) is 8.10. The molecule has 0 amide bonds. The Bertz CT molecular complexity index is 1420. The van der Waals surface area contributed by atoms with E-state index in [1.165, 1.54) is 0 Å². The van der Waals surface area contributed by atoms with Crippen LogP contribution in [0, 0.1) is 28.1 Å². The summed E-state index contributed by atoms with van der Waals surface area (Å²) in [6.45, 7) is 18.7. The van der Waals surface area contributed by atoms with E-state index in [9.17, 15) is 34.8 Å². The smallest absolute Gasteiger partial charge is 0.209 e. The first-order valence-electron chi connectivity index (χ1n) is 14.7. The highest BCUT2D eigenvalue weighted by atomic mass is 16.3. The topological polar surface area (TPSA) is 132 Å². The van der Waals surface area contributed by atoms with Crippen molar-refractivity contribution in [1.29, 1.82) is 0 Å². The van der Waals surface area contributed by atoms with Gasteiger partial charge in [-0.25, -0.2) is 0 Å². The van der Waals surface area contributed by atoms with E-state index in [-0.39, 0.29) is 46.3 Å². The molecule has 0 heterocycles. The van der Waals surface area contributed by atoms with Crippen LogP contribution in [0.25, 0.3) is 0 Å². The molecular weight excluding hydrogens is 520 g/mol. The maximum Gasteiger partial charge on any atom is 0.209 e. The van der Waals surface area contributed by atoms with Gasteiger partial charge < -0.3 is 20.4 Å². The zero-order valence-corrected chi connectivity index (χ0v) is 26.2. The summed E-state index contributed by atoms with van der Waals surface area (Å²) in [7, 11) is 0. The molecule has 3 aliphatic rings. The summed E-state index contributed by atoms with van der Waals surface area (Å²) in [4.78, 5) is 40.8. The molecule has 1 aromatic rings. The van der Waals surface area contributed by atoms with E-state index < -0.39 is 51.0 Å². The second-order valence-corrected chi connectivity index (χ2v) is 15.0. The molecule has 0 bridgehead atoms. The van der Waals surface area contributed by atoms with Crippen LogP contribution in [0.1, 0.15) is 115 Å². The van der Waals surface area contributed by atoms with E-state index in [0.717, 1.165) is 18.9 Å². The van der Waals surface area contributed by atoms with Gasteiger partial charge in [-0.2, -0.15) is 0 Å². The van der Waals surface area contributed by atoms with Crippen molar-refractivity contribution in [3.8, 4) is 5.75 Å². The fraction of sp³-hybridized carbons (Fsp3) is 0.618. The molecule has 1 aromatic carbocycles. The van der Waals surface area contributed by atoms with Gasteiger partial charge in [0.25, 0.3) is 0 Å². The van der Waals surface area contributed by atoms with Crippen molar-refractivity contribution in [1.82, 2.24) is 0 Å². The summed E-state index contributed by atoms with van der Waals surface area (Å²) < 4.78 is 0. The standard InChI is InChI=1S/C34H46O7/c1-16(2)20-13-19(11-12-31(6,7)8)26(36)23-21(20)14-32(9)15-33(10)24(17(3)4)27(37)22(18(5)35)29(39)34(33,41)30(40)25(32)28(23)38/h13,16-17,24,36-37,40-41H,11-12,14-15H2,1-10H3/t24?,32-,33-,34+/m1/s1. The van der Waals surface area contributed by atoms with Crippen molar-refractivity contribution in [3.63, 3.8) is 0 Å². The monoisotopic (exact) mass is 566 g/mol. The van der Waals surface area contributed by atoms with Crippen molar-refractivity contribution in [2.75, 3.05) is 0 Å². The number of aromatic hydroxyl groups is 1. The zero-order valence-electron chi connectivity index (χ0n) is 26.2. The number of hydrogen-bond acceptors (Lipinski definition) is 7. The Morgan fingerprint density at radius 1 is 1.07 bits per heavy atom. The van der Waals surface area contributed by atoms with Crippen LogP contribution in [0.3, 0.4) is 0 Å². The van der Waals surface area contributed by atoms with Gasteiger partial charge in [0.1, 0.15) is 22.8 Å². The van der Waals surface area contributed by atoms with Crippen LogP contribution in [0.15, 0.2) is 28.7 Å². The van der Waals surface area contributed by atoms with Gasteiger partial charge in [-0.05, 0) is 66.5 Å². The Morgan fingerprint density at radius 3 is 2.15 bits per heavy atom. The third kappa shape index (κ3) is 4.29. The van der Waals surface area contributed by atoms with Crippen LogP contribution in [-0.2, 0) is 22.4 Å². The number of aliphatic hydroxyl groups excluding tert-OH is 2. The first kappa shape index (κ1) is 31.0. The molecule has 0 radical (unpaired) electrons. The normalized spacial score (nSPS) is 30.1. The maximum absolute atomic E-state index is 14.4. The van der Waals surface area contributed by atoms with Gasteiger partial charge in [-0.3, -0.25) is 14.4 Å². The first-order valence-corrected chi connectivity index (χ1v) is 14.7. The number of allylic oxidation sites excluding steroid dienone is 2. The van der Waals surface area contributed by atoms with Crippen molar-refractivity contribution < 1.29 is 34.8 Å². The minimum atomic E-state index is -2.60. The number of benzene rings is 1. The molecular formula is C34H46O7. The van der Waals surface area contributed by atoms with Crippen LogP contribution < -0.4 is 0 Å². The molecule has 4 N–H and O–H groups in total. The van der Waals surface area contributed by atoms with E-state index in [2.05, 4.69) is 20.8 Å². The van der Waals surface area contributed by atoms with Crippen molar-refractivity contribution in [2.45, 2.75) is 106 Å². The van der Waals surface area contributed by atoms with E-state index in [0.29, 0.717) is 24.0 Å². The molecule has 7 nitrogen and oxygen atoms in total. The SMILES string of the molecule is CC(=O)C1=C(O)C(C(C)C)[C@@]2(C)C[C@@]3(C)Cc4c(C(C)C)cc(CCC(C)(C)C)c(O)c4C(=O)C3=C(O)[C@@]2(O)C1=O. The molecule has 224 valence electrons. The molecule has 41 heavy (non-hydrogen) atoms. The summed E-state index contributed by atoms with van der Waals surface area (Å²) in [5.74, 6) is -4.81. The Hall–Kier alpha value is -2.93. The molecule has 0 saturated carbocycles. The minimum Gasteiger partial charge on any atom is -0.511 e. The number of fused-ring (bicyclic) bond motifs is 3. The third-order valence-electron chi connectivity index (χ3n) is 9.89. The first-order chi connectivity index (χ1) is 18.6. The fourth-order valence-corrected chi connectivity index (χ4v) is 8.10. The van der Waals surface area contributed by atoms with E-state index in [1.807, 2.05) is 40.7 Å². The van der Waals surface area contributed by atoms with Gasteiger partial charge in [-0.1, -0.05) is 68.4 Å². The predicted molar refractivity (Wildman–Crippen MR) is 157 cm³/mol. The lowest BCUT2D eigenvalue weighted by atomic mass is 9.44. The van der Waals surface area contributed by atoms with Crippen molar-refractivity contribution in [3.05, 3.63) is 51.0 Å². The van der Waals surface area contributed by atoms with Crippen LogP contribution in [0.5, 0.6) is 5.75 Å². The van der Waals surface area contributed by atoms with E-state index in [4.69, 9.17) is 0 Å². The summed E-state index contributed by atoms with van der Waals surface area (Å²) in [5.41, 5.74) is -3.27. The largest absolute Gasteiger partial charge is 0.511 e. The molecule has 4 atom stereocenters. The number of ketones is 3. The number of aliphatic hydroxyl groups is 3. The summed E-state index contributed by atoms with van der Waals surface area (Å²) in [6.07, 6.45) is 1.72. The number of carbonyl (C=O) groups excluding carboxylic acids is 3. The zero-order chi connectivity index (χ0) is 31.2. The molecule has 0 spiro atoms. The van der Waals surface area contributed by atoms with Gasteiger partial charge in [0.05, 0.1) is 5.56 Å². The second kappa shape index (κ2) is 9.55. The van der Waals surface area contributed by atoms with Crippen LogP contribution in [0.2, 0.25) is 0 Å². The lowest BCUT2D eigenvalue weighted by molar-refractivity contribution is -0.171. The Kier molecular flexibility index (Phi) is 7.22. The van der Waals surface area contributed by atoms with Crippen LogP contribution in [-0.4, -0.2) is 43.4 Å². The molecule has 1 unspecified atom stereocenters. The van der Waals surface area contributed by atoms with Gasteiger partial charge in [0.15, 0.2) is 17.2 Å². The summed E-state index contributed by atoms with van der Waals surface area (Å²) >= 11 is 0. The molecule has 0 aliphatic heterocycles. The number of carbonyl (C=O) groups is 3. The average Bonchev–Trinajstić information content (AvgIpc) is 2.79. The van der Waals surface area contributed by atoms with E-state index in [1.54, 1.807) is 6.92 Å². The van der Waals surface area contributed by atoms with E-state index >= 15 is 0 Å². The number of Topliss-reactive ketones (excluding diaryl/α,β-unsaturated/α-hetero) is 3.